The number of benzene rings is 1. The van der Waals surface area contributed by atoms with E-state index in [1.165, 1.54) is 6.92 Å². The van der Waals surface area contributed by atoms with Crippen LogP contribution in [0.1, 0.15) is 23.7 Å². The van der Waals surface area contributed by atoms with Gasteiger partial charge < -0.3 is 25.0 Å². The lowest BCUT2D eigenvalue weighted by Gasteiger charge is -2.50. The van der Waals surface area contributed by atoms with Gasteiger partial charge in [-0.1, -0.05) is 0 Å². The van der Waals surface area contributed by atoms with Crippen LogP contribution in [0.25, 0.3) is 0 Å². The van der Waals surface area contributed by atoms with E-state index in [0.717, 1.165) is 13.0 Å². The van der Waals surface area contributed by atoms with Gasteiger partial charge in [-0.15, -0.1) is 0 Å². The molecule has 4 atom stereocenters. The Balaban J connectivity index is 1.52. The Morgan fingerprint density at radius 1 is 1.27 bits per heavy atom. The lowest BCUT2D eigenvalue weighted by molar-refractivity contribution is -0.119. The van der Waals surface area contributed by atoms with Crippen molar-refractivity contribution in [3.05, 3.63) is 29.8 Å². The summed E-state index contributed by atoms with van der Waals surface area (Å²) in [5.41, 5.74) is 0.610. The van der Waals surface area contributed by atoms with Crippen molar-refractivity contribution in [2.45, 2.75) is 31.5 Å². The van der Waals surface area contributed by atoms with E-state index in [4.69, 9.17) is 9.47 Å². The third-order valence-corrected chi connectivity index (χ3v) is 5.10. The van der Waals surface area contributed by atoms with E-state index in [1.54, 1.807) is 24.3 Å². The van der Waals surface area contributed by atoms with E-state index < -0.39 is 0 Å². The van der Waals surface area contributed by atoms with Crippen molar-refractivity contribution < 1.29 is 19.1 Å². The SMILES string of the molecule is CC(=O)NCCOc1ccc(C(=O)N[C@H]2[C@H]3CCO[C@H]3[C@@H]2N(C)C)cc1. The van der Waals surface area contributed by atoms with Gasteiger partial charge in [0.2, 0.25) is 5.91 Å². The summed E-state index contributed by atoms with van der Waals surface area (Å²) in [4.78, 5) is 25.5. The second-order valence-corrected chi connectivity index (χ2v) is 7.10. The van der Waals surface area contributed by atoms with Crippen LogP contribution in [0.5, 0.6) is 5.75 Å². The molecule has 0 aromatic heterocycles. The molecule has 2 amide bonds. The smallest absolute Gasteiger partial charge is 0.251 e. The second-order valence-electron chi connectivity index (χ2n) is 7.10. The maximum Gasteiger partial charge on any atom is 0.251 e. The van der Waals surface area contributed by atoms with Crippen LogP contribution in [0, 0.1) is 5.92 Å². The third kappa shape index (κ3) is 3.99. The number of likely N-dealkylation sites (N-methyl/N-ethyl adjacent to an activating group) is 1. The molecule has 1 aromatic rings. The van der Waals surface area contributed by atoms with Gasteiger partial charge >= 0.3 is 0 Å². The molecule has 142 valence electrons. The molecule has 2 aliphatic rings. The summed E-state index contributed by atoms with van der Waals surface area (Å²) in [6.07, 6.45) is 1.23. The number of ether oxygens (including phenoxy) is 2. The Kier molecular flexibility index (Phi) is 5.78. The van der Waals surface area contributed by atoms with Crippen molar-refractivity contribution in [2.75, 3.05) is 33.9 Å². The van der Waals surface area contributed by atoms with Gasteiger partial charge in [0.25, 0.3) is 5.91 Å². The molecule has 1 aromatic carbocycles. The average molecular weight is 361 g/mol. The van der Waals surface area contributed by atoms with Gasteiger partial charge in [0, 0.05) is 25.0 Å². The number of carbonyl (C=O) groups excluding carboxylic acids is 2. The monoisotopic (exact) mass is 361 g/mol. The van der Waals surface area contributed by atoms with Crippen molar-refractivity contribution in [1.82, 2.24) is 15.5 Å². The number of carbonyl (C=O) groups is 2. The maximum absolute atomic E-state index is 12.6. The molecule has 0 bridgehead atoms. The zero-order chi connectivity index (χ0) is 18.7. The first kappa shape index (κ1) is 18.7. The molecular weight excluding hydrogens is 334 g/mol. The van der Waals surface area contributed by atoms with Gasteiger partial charge in [-0.3, -0.25) is 9.59 Å². The predicted octanol–water partition coefficient (Wildman–Crippen LogP) is 0.649. The van der Waals surface area contributed by atoms with Crippen LogP contribution in [-0.2, 0) is 9.53 Å². The van der Waals surface area contributed by atoms with Crippen molar-refractivity contribution in [3.8, 4) is 5.75 Å². The van der Waals surface area contributed by atoms with Crippen LogP contribution in [0.15, 0.2) is 24.3 Å². The number of nitrogens with zero attached hydrogens (tertiary/aromatic N) is 1. The first-order chi connectivity index (χ1) is 12.5. The van der Waals surface area contributed by atoms with Crippen LogP contribution in [0.2, 0.25) is 0 Å². The summed E-state index contributed by atoms with van der Waals surface area (Å²) >= 11 is 0. The van der Waals surface area contributed by atoms with E-state index in [9.17, 15) is 9.59 Å². The molecule has 7 nitrogen and oxygen atoms in total. The molecule has 0 unspecified atom stereocenters. The summed E-state index contributed by atoms with van der Waals surface area (Å²) in [7, 11) is 4.05. The highest BCUT2D eigenvalue weighted by Crippen LogP contribution is 2.41. The molecule has 1 aliphatic carbocycles. The van der Waals surface area contributed by atoms with Crippen molar-refractivity contribution in [2.24, 2.45) is 5.92 Å². The molecule has 2 fully saturated rings. The first-order valence-corrected chi connectivity index (χ1v) is 9.03. The first-order valence-electron chi connectivity index (χ1n) is 9.03. The van der Waals surface area contributed by atoms with Gasteiger partial charge in [0.05, 0.1) is 24.7 Å². The lowest BCUT2D eigenvalue weighted by atomic mass is 9.71. The van der Waals surface area contributed by atoms with Gasteiger partial charge in [-0.25, -0.2) is 0 Å². The Bertz CT molecular complexity index is 647. The van der Waals surface area contributed by atoms with Crippen molar-refractivity contribution in [1.29, 1.82) is 0 Å². The summed E-state index contributed by atoms with van der Waals surface area (Å²) in [5, 5.41) is 5.84. The van der Waals surface area contributed by atoms with Crippen LogP contribution in [-0.4, -0.2) is 68.8 Å². The minimum absolute atomic E-state index is 0.0722. The Labute approximate surface area is 154 Å². The fraction of sp³-hybridized carbons (Fsp3) is 0.579. The number of fused-ring (bicyclic) bond motifs is 1. The van der Waals surface area contributed by atoms with E-state index >= 15 is 0 Å². The van der Waals surface area contributed by atoms with E-state index in [2.05, 4.69) is 15.5 Å². The second kappa shape index (κ2) is 8.05. The van der Waals surface area contributed by atoms with Crippen molar-refractivity contribution in [3.63, 3.8) is 0 Å². The molecular formula is C19H27N3O4. The lowest BCUT2D eigenvalue weighted by Crippen LogP contribution is -2.69. The summed E-state index contributed by atoms with van der Waals surface area (Å²) in [6, 6.07) is 7.41. The van der Waals surface area contributed by atoms with Gasteiger partial charge in [0.15, 0.2) is 0 Å². The highest BCUT2D eigenvalue weighted by atomic mass is 16.5. The molecule has 0 radical (unpaired) electrons. The molecule has 1 saturated carbocycles. The molecule has 1 heterocycles. The van der Waals surface area contributed by atoms with Gasteiger partial charge in [-0.2, -0.15) is 0 Å². The minimum Gasteiger partial charge on any atom is -0.492 e. The van der Waals surface area contributed by atoms with E-state index in [1.807, 2.05) is 14.1 Å². The molecule has 1 saturated heterocycles. The molecule has 7 heteroatoms. The van der Waals surface area contributed by atoms with Crippen LogP contribution >= 0.6 is 0 Å². The normalized spacial score (nSPS) is 26.8. The largest absolute Gasteiger partial charge is 0.492 e. The molecule has 1 aliphatic heterocycles. The van der Waals surface area contributed by atoms with Gasteiger partial charge in [0.1, 0.15) is 12.4 Å². The van der Waals surface area contributed by atoms with E-state index in [-0.39, 0.29) is 30.0 Å². The number of hydrogen-bond donors (Lipinski definition) is 2. The van der Waals surface area contributed by atoms with Crippen molar-refractivity contribution >= 4 is 11.8 Å². The number of hydrogen-bond acceptors (Lipinski definition) is 5. The topological polar surface area (TPSA) is 79.9 Å². The molecule has 26 heavy (non-hydrogen) atoms. The number of amides is 2. The van der Waals surface area contributed by atoms with Crippen LogP contribution < -0.4 is 15.4 Å². The quantitative estimate of drug-likeness (QED) is 0.697. The zero-order valence-electron chi connectivity index (χ0n) is 15.5. The summed E-state index contributed by atoms with van der Waals surface area (Å²) in [5.74, 6) is 0.924. The molecule has 2 N–H and O–H groups in total. The average Bonchev–Trinajstić information content (AvgIpc) is 3.00. The Morgan fingerprint density at radius 2 is 2.00 bits per heavy atom. The highest BCUT2D eigenvalue weighted by Gasteiger charge is 2.55. The Hall–Kier alpha value is -2.12. The van der Waals surface area contributed by atoms with E-state index in [0.29, 0.717) is 30.4 Å². The van der Waals surface area contributed by atoms with Crippen LogP contribution in [0.4, 0.5) is 0 Å². The molecule has 0 spiro atoms. The standard InChI is InChI=1S/C19H27N3O4/c1-12(23)20-9-11-25-14-6-4-13(5-7-14)19(24)21-16-15-8-10-26-18(15)17(16)22(2)3/h4-7,15-18H,8-11H2,1-3H3,(H,20,23)(H,21,24)/t15-,16+,17-,18-/m1/s1. The fourth-order valence-electron chi connectivity index (χ4n) is 3.82. The minimum atomic E-state index is -0.0810. The maximum atomic E-state index is 12.6. The fourth-order valence-corrected chi connectivity index (χ4v) is 3.82. The molecule has 3 rings (SSSR count). The predicted molar refractivity (Wildman–Crippen MR) is 97.2 cm³/mol. The Morgan fingerprint density at radius 3 is 2.65 bits per heavy atom. The highest BCUT2D eigenvalue weighted by molar-refractivity contribution is 5.94. The summed E-state index contributed by atoms with van der Waals surface area (Å²) in [6.45, 7) is 3.09. The van der Waals surface area contributed by atoms with Gasteiger partial charge in [-0.05, 0) is 44.8 Å². The number of nitrogens with one attached hydrogen (secondary N) is 2. The number of rotatable bonds is 7. The van der Waals surface area contributed by atoms with Crippen LogP contribution in [0.3, 0.4) is 0 Å². The zero-order valence-corrected chi connectivity index (χ0v) is 15.5. The third-order valence-electron chi connectivity index (χ3n) is 5.10. The summed E-state index contributed by atoms with van der Waals surface area (Å²) < 4.78 is 11.3.